The molecule has 168 valence electrons. The van der Waals surface area contributed by atoms with Gasteiger partial charge in [0, 0.05) is 24.1 Å². The second-order valence-electron chi connectivity index (χ2n) is 7.40. The predicted octanol–water partition coefficient (Wildman–Crippen LogP) is -1.19. The number of aliphatic carboxylic acids is 1. The number of H-pyrrole nitrogens is 1. The zero-order valence-corrected chi connectivity index (χ0v) is 18.1. The summed E-state index contributed by atoms with van der Waals surface area (Å²) in [5.41, 5.74) is 6.08. The summed E-state index contributed by atoms with van der Waals surface area (Å²) < 4.78 is 0. The Labute approximate surface area is 180 Å². The third-order valence-electron chi connectivity index (χ3n) is 4.16. The highest BCUT2D eigenvalue weighted by Crippen LogP contribution is 2.07. The summed E-state index contributed by atoms with van der Waals surface area (Å²) >= 11 is 4.09. The van der Waals surface area contributed by atoms with Crippen LogP contribution >= 0.6 is 12.6 Å². The molecule has 0 saturated heterocycles. The lowest BCUT2D eigenvalue weighted by atomic mass is 10.0. The van der Waals surface area contributed by atoms with Gasteiger partial charge in [-0.15, -0.1) is 0 Å². The molecule has 0 saturated carbocycles. The largest absolute Gasteiger partial charge is 0.480 e. The van der Waals surface area contributed by atoms with E-state index < -0.39 is 47.9 Å². The van der Waals surface area contributed by atoms with E-state index in [1.165, 1.54) is 19.4 Å². The first-order valence-electron chi connectivity index (χ1n) is 9.52. The molecule has 1 aromatic rings. The third kappa shape index (κ3) is 8.41. The number of aromatic amines is 1. The molecule has 0 aliphatic carbocycles. The summed E-state index contributed by atoms with van der Waals surface area (Å²) in [6.45, 7) is 5.26. The smallest absolute Gasteiger partial charge is 0.326 e. The Morgan fingerprint density at radius 2 is 1.63 bits per heavy atom. The molecule has 0 aliphatic heterocycles. The van der Waals surface area contributed by atoms with E-state index >= 15 is 0 Å². The molecule has 0 aromatic carbocycles. The fourth-order valence-electron chi connectivity index (χ4n) is 2.56. The molecule has 0 aliphatic rings. The van der Waals surface area contributed by atoms with Gasteiger partial charge >= 0.3 is 5.97 Å². The van der Waals surface area contributed by atoms with Gasteiger partial charge in [-0.05, 0) is 19.3 Å². The minimum Gasteiger partial charge on any atom is -0.480 e. The summed E-state index contributed by atoms with van der Waals surface area (Å²) in [5.74, 6) is -2.98. The first-order valence-corrected chi connectivity index (χ1v) is 10.2. The van der Waals surface area contributed by atoms with E-state index in [4.69, 9.17) is 5.73 Å². The first kappa shape index (κ1) is 25.4. The van der Waals surface area contributed by atoms with Crippen LogP contribution in [0.25, 0.3) is 0 Å². The molecular formula is C18H30N6O5S. The number of thiol groups is 1. The number of hydrogen-bond acceptors (Lipinski definition) is 7. The number of carboxylic acid groups (broad SMARTS) is 1. The lowest BCUT2D eigenvalue weighted by Gasteiger charge is -2.25. The molecule has 0 bridgehead atoms. The first-order chi connectivity index (χ1) is 14.0. The highest BCUT2D eigenvalue weighted by Gasteiger charge is 2.29. The lowest BCUT2D eigenvalue weighted by Crippen LogP contribution is -2.57. The number of nitrogens with two attached hydrogens (primary N) is 1. The van der Waals surface area contributed by atoms with Crippen molar-refractivity contribution in [1.29, 1.82) is 0 Å². The van der Waals surface area contributed by atoms with Crippen LogP contribution in [0.4, 0.5) is 0 Å². The molecule has 7 N–H and O–H groups in total. The standard InChI is InChI=1S/C18H30N6O5S/c1-9(2)4-12(22-15(25)10(3)19)16(26)24-14(7-30)17(27)23-13(18(28)29)5-11-6-20-8-21-11/h6,8-10,12-14,30H,4-5,7,19H2,1-3H3,(H,20,21)(H,22,25)(H,23,27)(H,24,26)(H,28,29). The van der Waals surface area contributed by atoms with Crippen LogP contribution < -0.4 is 21.7 Å². The van der Waals surface area contributed by atoms with Crippen molar-refractivity contribution in [3.05, 3.63) is 18.2 Å². The molecule has 1 rings (SSSR count). The summed E-state index contributed by atoms with van der Waals surface area (Å²) in [4.78, 5) is 55.2. The highest BCUT2D eigenvalue weighted by atomic mass is 32.1. The SMILES string of the molecule is CC(C)CC(NC(=O)C(C)N)C(=O)NC(CS)C(=O)NC(Cc1cnc[nH]1)C(=O)O. The molecule has 1 heterocycles. The molecule has 12 heteroatoms. The number of imidazole rings is 1. The van der Waals surface area contributed by atoms with E-state index in [1.54, 1.807) is 0 Å². The maximum Gasteiger partial charge on any atom is 0.326 e. The van der Waals surface area contributed by atoms with Gasteiger partial charge in [0.1, 0.15) is 18.1 Å². The topological polar surface area (TPSA) is 179 Å². The van der Waals surface area contributed by atoms with Crippen molar-refractivity contribution in [1.82, 2.24) is 25.9 Å². The molecule has 4 atom stereocenters. The van der Waals surface area contributed by atoms with Crippen LogP contribution in [0.3, 0.4) is 0 Å². The van der Waals surface area contributed by atoms with Gasteiger partial charge in [0.05, 0.1) is 12.4 Å². The molecule has 4 unspecified atom stereocenters. The van der Waals surface area contributed by atoms with Crippen LogP contribution in [0.1, 0.15) is 32.9 Å². The van der Waals surface area contributed by atoms with E-state index in [0.717, 1.165) is 0 Å². The fourth-order valence-corrected chi connectivity index (χ4v) is 2.82. The molecule has 30 heavy (non-hydrogen) atoms. The van der Waals surface area contributed by atoms with Crippen molar-refractivity contribution in [2.75, 3.05) is 5.75 Å². The van der Waals surface area contributed by atoms with Crippen molar-refractivity contribution in [3.63, 3.8) is 0 Å². The van der Waals surface area contributed by atoms with Gasteiger partial charge in [-0.25, -0.2) is 9.78 Å². The second kappa shape index (κ2) is 12.2. The maximum atomic E-state index is 12.7. The van der Waals surface area contributed by atoms with E-state index in [-0.39, 0.29) is 18.1 Å². The molecule has 0 spiro atoms. The number of hydrogen-bond donors (Lipinski definition) is 7. The molecule has 0 fully saturated rings. The van der Waals surface area contributed by atoms with E-state index in [0.29, 0.717) is 12.1 Å². The van der Waals surface area contributed by atoms with Crippen LogP contribution in [0.5, 0.6) is 0 Å². The maximum absolute atomic E-state index is 12.7. The van der Waals surface area contributed by atoms with Crippen LogP contribution in [0, 0.1) is 5.92 Å². The van der Waals surface area contributed by atoms with Crippen LogP contribution in [-0.4, -0.2) is 68.7 Å². The zero-order chi connectivity index (χ0) is 22.8. The Bertz CT molecular complexity index is 725. The molecular weight excluding hydrogens is 412 g/mol. The number of nitrogens with one attached hydrogen (secondary N) is 4. The average Bonchev–Trinajstić information content (AvgIpc) is 3.17. The summed E-state index contributed by atoms with van der Waals surface area (Å²) in [7, 11) is 0. The lowest BCUT2D eigenvalue weighted by molar-refractivity contribution is -0.142. The molecule has 0 radical (unpaired) electrons. The normalized spacial score (nSPS) is 15.0. The molecule has 11 nitrogen and oxygen atoms in total. The van der Waals surface area contributed by atoms with E-state index in [2.05, 4.69) is 38.5 Å². The quantitative estimate of drug-likeness (QED) is 0.199. The molecule has 1 aromatic heterocycles. The van der Waals surface area contributed by atoms with Crippen LogP contribution in [0.2, 0.25) is 0 Å². The minimum atomic E-state index is -1.23. The van der Waals surface area contributed by atoms with Crippen molar-refractivity contribution in [2.45, 2.75) is 57.8 Å². The number of aromatic nitrogens is 2. The number of carbonyl (C=O) groups excluding carboxylic acids is 3. The molecule has 3 amide bonds. The van der Waals surface area contributed by atoms with E-state index in [1.807, 2.05) is 13.8 Å². The van der Waals surface area contributed by atoms with Gasteiger partial charge in [0.25, 0.3) is 0 Å². The Balaban J connectivity index is 2.81. The van der Waals surface area contributed by atoms with Crippen molar-refractivity contribution < 1.29 is 24.3 Å². The summed E-state index contributed by atoms with van der Waals surface area (Å²) in [5, 5.41) is 16.9. The number of carbonyl (C=O) groups is 4. The number of rotatable bonds is 12. The van der Waals surface area contributed by atoms with Gasteiger partial charge in [0.15, 0.2) is 0 Å². The van der Waals surface area contributed by atoms with Crippen molar-refractivity contribution in [2.24, 2.45) is 11.7 Å². The monoisotopic (exact) mass is 442 g/mol. The van der Waals surface area contributed by atoms with E-state index in [9.17, 15) is 24.3 Å². The Morgan fingerprint density at radius 1 is 1.07 bits per heavy atom. The summed E-state index contributed by atoms with van der Waals surface area (Å²) in [6, 6.07) is -4.00. The Kier molecular flexibility index (Phi) is 10.3. The zero-order valence-electron chi connectivity index (χ0n) is 17.2. The van der Waals surface area contributed by atoms with Gasteiger partial charge < -0.3 is 31.8 Å². The fraction of sp³-hybridized carbons (Fsp3) is 0.611. The Morgan fingerprint density at radius 3 is 2.10 bits per heavy atom. The summed E-state index contributed by atoms with van der Waals surface area (Å²) in [6.07, 6.45) is 3.19. The van der Waals surface area contributed by atoms with Gasteiger partial charge in [-0.2, -0.15) is 12.6 Å². The average molecular weight is 443 g/mol. The Hall–Kier alpha value is -2.60. The third-order valence-corrected chi connectivity index (χ3v) is 4.53. The number of carboxylic acids is 1. The number of amides is 3. The van der Waals surface area contributed by atoms with Crippen LogP contribution in [-0.2, 0) is 25.6 Å². The van der Waals surface area contributed by atoms with Gasteiger partial charge in [0.2, 0.25) is 17.7 Å². The number of nitrogens with zero attached hydrogens (tertiary/aromatic N) is 1. The van der Waals surface area contributed by atoms with Gasteiger partial charge in [-0.1, -0.05) is 13.8 Å². The highest BCUT2D eigenvalue weighted by molar-refractivity contribution is 7.80. The van der Waals surface area contributed by atoms with Gasteiger partial charge in [-0.3, -0.25) is 14.4 Å². The predicted molar refractivity (Wildman–Crippen MR) is 113 cm³/mol. The van der Waals surface area contributed by atoms with Crippen molar-refractivity contribution >= 4 is 36.3 Å². The second-order valence-corrected chi connectivity index (χ2v) is 7.77. The minimum absolute atomic E-state index is 0.00523. The van der Waals surface area contributed by atoms with Crippen molar-refractivity contribution in [3.8, 4) is 0 Å². The van der Waals surface area contributed by atoms with Crippen LogP contribution in [0.15, 0.2) is 12.5 Å².